The number of aryl methyl sites for hydroxylation is 1. The molecule has 2 aromatic rings. The Balaban J connectivity index is 2.11. The van der Waals surface area contributed by atoms with Gasteiger partial charge in [-0.15, -0.1) is 11.3 Å². The van der Waals surface area contributed by atoms with E-state index >= 15 is 0 Å². The summed E-state index contributed by atoms with van der Waals surface area (Å²) in [6, 6.07) is 7.31. The van der Waals surface area contributed by atoms with E-state index in [1.165, 1.54) is 11.3 Å². The highest BCUT2D eigenvalue weighted by atomic mass is 32.1. The van der Waals surface area contributed by atoms with Crippen molar-refractivity contribution in [2.45, 2.75) is 13.3 Å². The minimum Gasteiger partial charge on any atom is -0.395 e. The molecule has 0 unspecified atom stereocenters. The lowest BCUT2D eigenvalue weighted by Gasteiger charge is -2.04. The number of thiazole rings is 1. The topological polar surface area (TPSA) is 62.2 Å². The minimum atomic E-state index is -0.162. The Bertz CT molecular complexity index is 668. The fraction of sp³-hybridized carbons (Fsp3) is 0.200. The van der Waals surface area contributed by atoms with Crippen molar-refractivity contribution in [3.8, 4) is 11.8 Å². The molecule has 0 aliphatic carbocycles. The summed E-state index contributed by atoms with van der Waals surface area (Å²) >= 11 is 1.32. The Morgan fingerprint density at radius 2 is 2.35 bits per heavy atom. The number of nitrogens with zero attached hydrogens (tertiary/aromatic N) is 1. The van der Waals surface area contributed by atoms with Crippen LogP contribution in [-0.4, -0.2) is 22.6 Å². The van der Waals surface area contributed by atoms with Gasteiger partial charge in [-0.2, -0.15) is 0 Å². The van der Waals surface area contributed by atoms with E-state index in [0.29, 0.717) is 17.0 Å². The van der Waals surface area contributed by atoms with Crippen LogP contribution in [-0.2, 0) is 0 Å². The minimum absolute atomic E-state index is 0.0497. The van der Waals surface area contributed by atoms with E-state index < -0.39 is 0 Å². The molecule has 0 saturated heterocycles. The van der Waals surface area contributed by atoms with E-state index in [9.17, 15) is 4.79 Å². The third-order valence-corrected chi connectivity index (χ3v) is 3.47. The largest absolute Gasteiger partial charge is 0.395 e. The van der Waals surface area contributed by atoms with Crippen LogP contribution in [0, 0.1) is 18.8 Å². The van der Waals surface area contributed by atoms with Crippen molar-refractivity contribution in [1.82, 2.24) is 4.98 Å². The molecule has 4 nitrogen and oxygen atoms in total. The third-order valence-electron chi connectivity index (χ3n) is 2.54. The standard InChI is InChI=1S/C15H14N2O2S/c1-11-14(20-10-16-11)15(19)17-13-7-4-6-12(9-13)5-2-3-8-18/h4,6-7,9-10,18H,3,8H2,1H3,(H,17,19). The van der Waals surface area contributed by atoms with E-state index in [-0.39, 0.29) is 12.5 Å². The molecule has 0 fully saturated rings. The van der Waals surface area contributed by atoms with Gasteiger partial charge in [0.05, 0.1) is 17.8 Å². The monoisotopic (exact) mass is 286 g/mol. The lowest BCUT2D eigenvalue weighted by molar-refractivity contribution is 0.103. The van der Waals surface area contributed by atoms with Gasteiger partial charge in [0.25, 0.3) is 5.91 Å². The molecule has 2 rings (SSSR count). The molecule has 1 aromatic carbocycles. The van der Waals surface area contributed by atoms with Crippen LogP contribution in [0.1, 0.15) is 27.3 Å². The Morgan fingerprint density at radius 1 is 1.50 bits per heavy atom. The number of nitrogens with one attached hydrogen (secondary N) is 1. The van der Waals surface area contributed by atoms with E-state index in [2.05, 4.69) is 22.1 Å². The number of aromatic nitrogens is 1. The van der Waals surface area contributed by atoms with Crippen LogP contribution in [0.2, 0.25) is 0 Å². The number of hydrogen-bond acceptors (Lipinski definition) is 4. The number of aliphatic hydroxyl groups excluding tert-OH is 1. The molecular weight excluding hydrogens is 272 g/mol. The summed E-state index contributed by atoms with van der Waals surface area (Å²) < 4.78 is 0. The van der Waals surface area contributed by atoms with Crippen molar-refractivity contribution in [3.05, 3.63) is 45.9 Å². The molecule has 0 aliphatic rings. The molecule has 0 atom stereocenters. The highest BCUT2D eigenvalue weighted by Crippen LogP contribution is 2.16. The molecule has 5 heteroatoms. The fourth-order valence-corrected chi connectivity index (χ4v) is 2.30. The zero-order chi connectivity index (χ0) is 14.4. The van der Waals surface area contributed by atoms with Crippen LogP contribution >= 0.6 is 11.3 Å². The summed E-state index contributed by atoms with van der Waals surface area (Å²) in [6.07, 6.45) is 0.441. The number of anilines is 1. The number of benzene rings is 1. The van der Waals surface area contributed by atoms with Gasteiger partial charge in [0.1, 0.15) is 4.88 Å². The molecule has 0 radical (unpaired) electrons. The average molecular weight is 286 g/mol. The highest BCUT2D eigenvalue weighted by molar-refractivity contribution is 7.12. The molecule has 2 N–H and O–H groups in total. The number of aliphatic hydroxyl groups is 1. The van der Waals surface area contributed by atoms with Gasteiger partial charge < -0.3 is 10.4 Å². The summed E-state index contributed by atoms with van der Waals surface area (Å²) in [5, 5.41) is 11.5. The summed E-state index contributed by atoms with van der Waals surface area (Å²) in [4.78, 5) is 16.7. The lowest BCUT2D eigenvalue weighted by atomic mass is 10.2. The van der Waals surface area contributed by atoms with Gasteiger partial charge in [0.2, 0.25) is 0 Å². The van der Waals surface area contributed by atoms with Crippen molar-refractivity contribution >= 4 is 22.9 Å². The van der Waals surface area contributed by atoms with Crippen LogP contribution in [0.4, 0.5) is 5.69 Å². The molecule has 1 aromatic heterocycles. The normalized spacial score (nSPS) is 9.70. The Morgan fingerprint density at radius 3 is 3.05 bits per heavy atom. The number of carbonyl (C=O) groups is 1. The van der Waals surface area contributed by atoms with Crippen LogP contribution in [0.5, 0.6) is 0 Å². The Labute approximate surface area is 121 Å². The number of amides is 1. The van der Waals surface area contributed by atoms with E-state index in [4.69, 9.17) is 5.11 Å². The SMILES string of the molecule is Cc1ncsc1C(=O)Nc1cccc(C#CCCO)c1. The smallest absolute Gasteiger partial charge is 0.267 e. The lowest BCUT2D eigenvalue weighted by Crippen LogP contribution is -2.11. The maximum Gasteiger partial charge on any atom is 0.267 e. The molecule has 102 valence electrons. The summed E-state index contributed by atoms with van der Waals surface area (Å²) in [7, 11) is 0. The van der Waals surface area contributed by atoms with Crippen molar-refractivity contribution < 1.29 is 9.90 Å². The second-order valence-electron chi connectivity index (χ2n) is 4.08. The van der Waals surface area contributed by atoms with E-state index in [0.717, 1.165) is 11.3 Å². The zero-order valence-electron chi connectivity index (χ0n) is 11.0. The third kappa shape index (κ3) is 3.67. The Kier molecular flexibility index (Phi) is 4.88. The molecule has 0 saturated carbocycles. The predicted octanol–water partition coefficient (Wildman–Crippen LogP) is 2.44. The van der Waals surface area contributed by atoms with Gasteiger partial charge >= 0.3 is 0 Å². The van der Waals surface area contributed by atoms with Gasteiger partial charge in [0.15, 0.2) is 0 Å². The van der Waals surface area contributed by atoms with Crippen LogP contribution in [0.3, 0.4) is 0 Å². The number of carbonyl (C=O) groups excluding carboxylic acids is 1. The van der Waals surface area contributed by atoms with Crippen LogP contribution in [0.25, 0.3) is 0 Å². The molecular formula is C15H14N2O2S. The maximum absolute atomic E-state index is 12.1. The summed E-state index contributed by atoms with van der Waals surface area (Å²) in [5.74, 6) is 5.62. The van der Waals surface area contributed by atoms with Gasteiger partial charge in [-0.3, -0.25) is 4.79 Å². The first kappa shape index (κ1) is 14.3. The molecule has 1 heterocycles. The second kappa shape index (κ2) is 6.85. The average Bonchev–Trinajstić information content (AvgIpc) is 2.86. The predicted molar refractivity (Wildman–Crippen MR) is 79.8 cm³/mol. The second-order valence-corrected chi connectivity index (χ2v) is 4.93. The molecule has 0 aliphatic heterocycles. The molecule has 0 bridgehead atoms. The highest BCUT2D eigenvalue weighted by Gasteiger charge is 2.11. The molecule has 0 spiro atoms. The molecule has 1 amide bonds. The van der Waals surface area contributed by atoms with Gasteiger partial charge in [-0.25, -0.2) is 4.98 Å². The quantitative estimate of drug-likeness (QED) is 0.852. The van der Waals surface area contributed by atoms with E-state index in [1.807, 2.05) is 25.1 Å². The molecule has 20 heavy (non-hydrogen) atoms. The Hall–Kier alpha value is -2.16. The van der Waals surface area contributed by atoms with Crippen molar-refractivity contribution in [3.63, 3.8) is 0 Å². The maximum atomic E-state index is 12.1. The number of rotatable bonds is 3. The van der Waals surface area contributed by atoms with Gasteiger partial charge in [0, 0.05) is 17.7 Å². The van der Waals surface area contributed by atoms with Crippen LogP contribution < -0.4 is 5.32 Å². The van der Waals surface area contributed by atoms with Crippen molar-refractivity contribution in [2.75, 3.05) is 11.9 Å². The zero-order valence-corrected chi connectivity index (χ0v) is 11.8. The van der Waals surface area contributed by atoms with Crippen molar-refractivity contribution in [1.29, 1.82) is 0 Å². The van der Waals surface area contributed by atoms with Crippen molar-refractivity contribution in [2.24, 2.45) is 0 Å². The first-order valence-corrected chi connectivity index (χ1v) is 7.00. The fourth-order valence-electron chi connectivity index (χ4n) is 1.60. The number of hydrogen-bond donors (Lipinski definition) is 2. The van der Waals surface area contributed by atoms with Gasteiger partial charge in [-0.05, 0) is 25.1 Å². The van der Waals surface area contributed by atoms with E-state index in [1.54, 1.807) is 11.6 Å². The van der Waals surface area contributed by atoms with Crippen LogP contribution in [0.15, 0.2) is 29.8 Å². The summed E-state index contributed by atoms with van der Waals surface area (Å²) in [5.41, 5.74) is 3.88. The first-order valence-electron chi connectivity index (χ1n) is 6.12. The first-order chi connectivity index (χ1) is 9.70. The van der Waals surface area contributed by atoms with Gasteiger partial charge in [-0.1, -0.05) is 17.9 Å². The summed E-state index contributed by atoms with van der Waals surface area (Å²) in [6.45, 7) is 1.86.